The molecule has 0 bridgehead atoms. The maximum absolute atomic E-state index is 6.25. The SMILES string of the molecule is CCc1cc2c(NCc3ccc(OC)c(Cl)c3)nc(-c3cccnc3)nc2s1. The van der Waals surface area contributed by atoms with Crippen molar-refractivity contribution in [3.63, 3.8) is 0 Å². The number of hydrogen-bond acceptors (Lipinski definition) is 6. The number of rotatable bonds is 6. The van der Waals surface area contributed by atoms with Crippen molar-refractivity contribution >= 4 is 39.0 Å². The van der Waals surface area contributed by atoms with Crippen molar-refractivity contribution in [1.29, 1.82) is 0 Å². The summed E-state index contributed by atoms with van der Waals surface area (Å²) < 4.78 is 5.22. The van der Waals surface area contributed by atoms with Crippen molar-refractivity contribution in [3.8, 4) is 17.1 Å². The smallest absolute Gasteiger partial charge is 0.164 e. The molecule has 28 heavy (non-hydrogen) atoms. The molecule has 1 aromatic carbocycles. The number of aromatic nitrogens is 3. The first-order valence-electron chi connectivity index (χ1n) is 8.95. The Balaban J connectivity index is 1.70. The van der Waals surface area contributed by atoms with Gasteiger partial charge in [-0.25, -0.2) is 9.97 Å². The zero-order valence-electron chi connectivity index (χ0n) is 15.6. The lowest BCUT2D eigenvalue weighted by molar-refractivity contribution is 0.415. The van der Waals surface area contributed by atoms with E-state index < -0.39 is 0 Å². The molecule has 0 aliphatic heterocycles. The topological polar surface area (TPSA) is 59.9 Å². The molecule has 0 amide bonds. The van der Waals surface area contributed by atoms with Gasteiger partial charge in [-0.3, -0.25) is 4.98 Å². The van der Waals surface area contributed by atoms with Gasteiger partial charge in [-0.15, -0.1) is 11.3 Å². The molecule has 0 atom stereocenters. The van der Waals surface area contributed by atoms with Gasteiger partial charge in [-0.2, -0.15) is 0 Å². The van der Waals surface area contributed by atoms with Crippen LogP contribution in [0.1, 0.15) is 17.4 Å². The van der Waals surface area contributed by atoms with E-state index in [1.54, 1.807) is 30.8 Å². The second-order valence-corrected chi connectivity index (χ2v) is 7.77. The predicted octanol–water partition coefficient (Wildman–Crippen LogP) is 5.59. The average molecular weight is 411 g/mol. The molecule has 7 heteroatoms. The summed E-state index contributed by atoms with van der Waals surface area (Å²) in [7, 11) is 1.61. The summed E-state index contributed by atoms with van der Waals surface area (Å²) in [5, 5.41) is 5.08. The Morgan fingerprint density at radius 3 is 2.79 bits per heavy atom. The van der Waals surface area contributed by atoms with Crippen molar-refractivity contribution in [1.82, 2.24) is 15.0 Å². The summed E-state index contributed by atoms with van der Waals surface area (Å²) in [4.78, 5) is 16.0. The van der Waals surface area contributed by atoms with Crippen LogP contribution in [0, 0.1) is 0 Å². The van der Waals surface area contributed by atoms with Crippen molar-refractivity contribution in [2.24, 2.45) is 0 Å². The molecular weight excluding hydrogens is 392 g/mol. The van der Waals surface area contributed by atoms with Crippen LogP contribution in [-0.2, 0) is 13.0 Å². The summed E-state index contributed by atoms with van der Waals surface area (Å²) in [6.45, 7) is 2.74. The van der Waals surface area contributed by atoms with Gasteiger partial charge in [-0.1, -0.05) is 24.6 Å². The van der Waals surface area contributed by atoms with Gasteiger partial charge in [0.2, 0.25) is 0 Å². The van der Waals surface area contributed by atoms with Gasteiger partial charge in [0.05, 0.1) is 17.5 Å². The van der Waals surface area contributed by atoms with Gasteiger partial charge in [0, 0.05) is 29.4 Å². The Bertz CT molecular complexity index is 1110. The van der Waals surface area contributed by atoms with Gasteiger partial charge in [0.15, 0.2) is 5.82 Å². The maximum Gasteiger partial charge on any atom is 0.164 e. The lowest BCUT2D eigenvalue weighted by Crippen LogP contribution is -2.04. The minimum absolute atomic E-state index is 0.592. The lowest BCUT2D eigenvalue weighted by atomic mass is 10.2. The van der Waals surface area contributed by atoms with Crippen molar-refractivity contribution in [3.05, 3.63) is 64.3 Å². The zero-order valence-corrected chi connectivity index (χ0v) is 17.1. The van der Waals surface area contributed by atoms with E-state index in [1.807, 2.05) is 30.3 Å². The molecule has 0 aliphatic carbocycles. The molecule has 1 N–H and O–H groups in total. The number of hydrogen-bond donors (Lipinski definition) is 1. The van der Waals surface area contributed by atoms with Crippen molar-refractivity contribution < 1.29 is 4.74 Å². The number of anilines is 1. The average Bonchev–Trinajstić information content (AvgIpc) is 3.16. The predicted molar refractivity (Wildman–Crippen MR) is 115 cm³/mol. The first-order chi connectivity index (χ1) is 13.7. The molecule has 0 radical (unpaired) electrons. The molecule has 5 nitrogen and oxygen atoms in total. The van der Waals surface area contributed by atoms with Crippen LogP contribution in [-0.4, -0.2) is 22.1 Å². The first kappa shape index (κ1) is 18.7. The Morgan fingerprint density at radius 2 is 2.07 bits per heavy atom. The number of benzene rings is 1. The number of methoxy groups -OCH3 is 1. The van der Waals surface area contributed by atoms with Crippen LogP contribution in [0.4, 0.5) is 5.82 Å². The molecule has 3 aromatic heterocycles. The summed E-state index contributed by atoms with van der Waals surface area (Å²) in [5.74, 6) is 2.14. The molecule has 0 saturated heterocycles. The quantitative estimate of drug-likeness (QED) is 0.449. The van der Waals surface area contributed by atoms with E-state index in [4.69, 9.17) is 26.3 Å². The molecule has 0 fully saturated rings. The first-order valence-corrected chi connectivity index (χ1v) is 10.1. The number of aryl methyl sites for hydroxylation is 1. The van der Waals surface area contributed by atoms with Gasteiger partial charge >= 0.3 is 0 Å². The highest BCUT2D eigenvalue weighted by Gasteiger charge is 2.13. The molecule has 4 aromatic rings. The Hall–Kier alpha value is -2.70. The minimum atomic E-state index is 0.592. The number of nitrogens with zero attached hydrogens (tertiary/aromatic N) is 3. The number of ether oxygens (including phenoxy) is 1. The van der Waals surface area contributed by atoms with Crippen LogP contribution < -0.4 is 10.1 Å². The number of nitrogens with one attached hydrogen (secondary N) is 1. The Kier molecular flexibility index (Phi) is 5.41. The van der Waals surface area contributed by atoms with E-state index in [-0.39, 0.29) is 0 Å². The molecule has 142 valence electrons. The van der Waals surface area contributed by atoms with Crippen molar-refractivity contribution in [2.45, 2.75) is 19.9 Å². The van der Waals surface area contributed by atoms with E-state index in [0.717, 1.165) is 33.6 Å². The molecule has 0 aliphatic rings. The van der Waals surface area contributed by atoms with E-state index >= 15 is 0 Å². The minimum Gasteiger partial charge on any atom is -0.495 e. The normalized spacial score (nSPS) is 11.0. The van der Waals surface area contributed by atoms with Gasteiger partial charge in [0.1, 0.15) is 16.4 Å². The monoisotopic (exact) mass is 410 g/mol. The van der Waals surface area contributed by atoms with Gasteiger partial charge < -0.3 is 10.1 Å². The molecular formula is C21H19ClN4OS. The highest BCUT2D eigenvalue weighted by atomic mass is 35.5. The second-order valence-electron chi connectivity index (χ2n) is 6.25. The highest BCUT2D eigenvalue weighted by molar-refractivity contribution is 7.18. The van der Waals surface area contributed by atoms with E-state index in [2.05, 4.69) is 23.3 Å². The van der Waals surface area contributed by atoms with E-state index in [0.29, 0.717) is 23.1 Å². The van der Waals surface area contributed by atoms with Gasteiger partial charge in [-0.05, 0) is 42.3 Å². The van der Waals surface area contributed by atoms with Crippen LogP contribution in [0.15, 0.2) is 48.8 Å². The van der Waals surface area contributed by atoms with Crippen LogP contribution in [0.25, 0.3) is 21.6 Å². The number of thiophene rings is 1. The third-order valence-corrected chi connectivity index (χ3v) is 5.86. The molecule has 0 unspecified atom stereocenters. The Labute approximate surface area is 172 Å². The largest absolute Gasteiger partial charge is 0.495 e. The molecule has 3 heterocycles. The summed E-state index contributed by atoms with van der Waals surface area (Å²) in [5.41, 5.74) is 1.94. The maximum atomic E-state index is 6.25. The van der Waals surface area contributed by atoms with Crippen LogP contribution in [0.5, 0.6) is 5.75 Å². The van der Waals surface area contributed by atoms with E-state index in [1.165, 1.54) is 4.88 Å². The van der Waals surface area contributed by atoms with Crippen LogP contribution in [0.3, 0.4) is 0 Å². The molecule has 0 saturated carbocycles. The molecule has 4 rings (SSSR count). The lowest BCUT2D eigenvalue weighted by Gasteiger charge is -2.10. The molecule has 0 spiro atoms. The second kappa shape index (κ2) is 8.12. The number of pyridine rings is 1. The standard InChI is InChI=1S/C21H19ClN4OS/c1-3-15-10-16-20(24-11-13-6-7-18(27-2)17(22)9-13)25-19(26-21(16)28-15)14-5-4-8-23-12-14/h4-10,12H,3,11H2,1-2H3,(H,24,25,26). The fourth-order valence-corrected chi connectivity index (χ4v) is 4.16. The summed E-state index contributed by atoms with van der Waals surface area (Å²) in [6.07, 6.45) is 4.49. The fraction of sp³-hybridized carbons (Fsp3) is 0.190. The zero-order chi connectivity index (χ0) is 19.5. The van der Waals surface area contributed by atoms with Crippen LogP contribution >= 0.6 is 22.9 Å². The fourth-order valence-electron chi connectivity index (χ4n) is 2.91. The summed E-state index contributed by atoms with van der Waals surface area (Å²) in [6, 6.07) is 11.8. The summed E-state index contributed by atoms with van der Waals surface area (Å²) >= 11 is 7.95. The van der Waals surface area contributed by atoms with Crippen LogP contribution in [0.2, 0.25) is 5.02 Å². The van der Waals surface area contributed by atoms with E-state index in [9.17, 15) is 0 Å². The number of halogens is 1. The third-order valence-electron chi connectivity index (χ3n) is 4.39. The highest BCUT2D eigenvalue weighted by Crippen LogP contribution is 2.32. The number of fused-ring (bicyclic) bond motifs is 1. The Morgan fingerprint density at radius 1 is 1.18 bits per heavy atom. The van der Waals surface area contributed by atoms with Gasteiger partial charge in [0.25, 0.3) is 0 Å². The van der Waals surface area contributed by atoms with Crippen molar-refractivity contribution in [2.75, 3.05) is 12.4 Å². The third kappa shape index (κ3) is 3.79.